The monoisotopic (exact) mass is 164 g/mol. The molecule has 0 aliphatic carbocycles. The van der Waals surface area contributed by atoms with Crippen molar-refractivity contribution < 1.29 is 14.4 Å². The molecule has 0 atom stereocenters. The lowest BCUT2D eigenvalue weighted by molar-refractivity contribution is -0.307. The molecule has 0 fully saturated rings. The van der Waals surface area contributed by atoms with Crippen LogP contribution in [-0.4, -0.2) is 24.2 Å². The van der Waals surface area contributed by atoms with Gasteiger partial charge in [0, 0.05) is 6.61 Å². The van der Waals surface area contributed by atoms with Crippen molar-refractivity contribution in [2.45, 2.75) is 6.42 Å². The van der Waals surface area contributed by atoms with Crippen molar-refractivity contribution in [2.24, 2.45) is 0 Å². The molecule has 0 aliphatic heterocycles. The van der Waals surface area contributed by atoms with Crippen molar-refractivity contribution in [2.75, 3.05) is 19.1 Å². The highest BCUT2D eigenvalue weighted by atomic mass is 32.2. The van der Waals surface area contributed by atoms with Gasteiger partial charge < -0.3 is 10.2 Å². The highest BCUT2D eigenvalue weighted by Gasteiger charge is 2.05. The lowest BCUT2D eigenvalue weighted by atomic mass is 10.4. The van der Waals surface area contributed by atoms with Gasteiger partial charge in [-0.1, -0.05) is 5.76 Å². The van der Waals surface area contributed by atoms with E-state index in [1.807, 2.05) is 0 Å². The molecule has 0 heterocycles. The largest absolute Gasteiger partial charge is 0.872 e. The molecule has 0 bridgehead atoms. The van der Waals surface area contributed by atoms with E-state index in [1.165, 1.54) is 17.9 Å². The zero-order chi connectivity index (χ0) is 8.20. The standard InChI is InChI=1S/C6H12O3S/c1-10(2,9)5-6(8)3-4-7/h5,7H,3-4H2,1-2H3. The molecule has 0 aliphatic rings. The SMILES string of the molecule is C[S+](C)(=O)/C=C(\[O-])CCO. The fourth-order valence-electron chi connectivity index (χ4n) is 0.486. The number of hydrogen-bond donors (Lipinski definition) is 1. The van der Waals surface area contributed by atoms with Crippen LogP contribution >= 0.6 is 0 Å². The van der Waals surface area contributed by atoms with Crippen molar-refractivity contribution in [3.8, 4) is 0 Å². The summed E-state index contributed by atoms with van der Waals surface area (Å²) < 4.78 is 10.9. The van der Waals surface area contributed by atoms with Crippen molar-refractivity contribution in [1.29, 1.82) is 0 Å². The van der Waals surface area contributed by atoms with Gasteiger partial charge in [-0.2, -0.15) is 0 Å². The van der Waals surface area contributed by atoms with E-state index in [9.17, 15) is 9.32 Å². The second kappa shape index (κ2) is 3.73. The van der Waals surface area contributed by atoms with Gasteiger partial charge in [-0.15, -0.1) is 4.21 Å². The van der Waals surface area contributed by atoms with E-state index < -0.39 is 9.93 Å². The first kappa shape index (κ1) is 9.65. The zero-order valence-electron chi connectivity index (χ0n) is 6.16. The second-order valence-electron chi connectivity index (χ2n) is 2.37. The van der Waals surface area contributed by atoms with Gasteiger partial charge >= 0.3 is 0 Å². The maximum atomic E-state index is 10.9. The molecule has 0 aromatic heterocycles. The van der Waals surface area contributed by atoms with Crippen LogP contribution in [0.15, 0.2) is 11.2 Å². The third kappa shape index (κ3) is 5.78. The number of rotatable bonds is 3. The van der Waals surface area contributed by atoms with Crippen LogP contribution in [0, 0.1) is 0 Å². The molecule has 0 aromatic carbocycles. The number of aliphatic hydroxyl groups is 1. The minimum atomic E-state index is -2.08. The Balaban J connectivity index is 4.04. The van der Waals surface area contributed by atoms with Gasteiger partial charge in [0.15, 0.2) is 0 Å². The van der Waals surface area contributed by atoms with Gasteiger partial charge in [0.2, 0.25) is 0 Å². The van der Waals surface area contributed by atoms with Crippen molar-refractivity contribution in [3.05, 3.63) is 11.2 Å². The highest BCUT2D eigenvalue weighted by Crippen LogP contribution is 2.00. The maximum Gasteiger partial charge on any atom is 0.110 e. The summed E-state index contributed by atoms with van der Waals surface area (Å²) in [5, 5.41) is 20.1. The average molecular weight is 164 g/mol. The second-order valence-corrected chi connectivity index (χ2v) is 5.22. The van der Waals surface area contributed by atoms with Gasteiger partial charge in [-0.05, 0) is 6.42 Å². The Kier molecular flexibility index (Phi) is 3.60. The first-order chi connectivity index (χ1) is 4.45. The molecule has 1 N–H and O–H groups in total. The summed E-state index contributed by atoms with van der Waals surface area (Å²) in [6, 6.07) is 0. The number of aliphatic hydroxyl groups excluding tert-OH is 1. The van der Waals surface area contributed by atoms with Crippen LogP contribution < -0.4 is 5.11 Å². The Morgan fingerprint density at radius 2 is 2.20 bits per heavy atom. The molecule has 0 unspecified atom stereocenters. The minimum Gasteiger partial charge on any atom is -0.872 e. The topological polar surface area (TPSA) is 60.4 Å². The molecular formula is C6H12O3S. The highest BCUT2D eigenvalue weighted by molar-refractivity contribution is 8.04. The molecule has 0 radical (unpaired) electrons. The Morgan fingerprint density at radius 1 is 1.70 bits per heavy atom. The summed E-state index contributed by atoms with van der Waals surface area (Å²) in [7, 11) is -2.08. The fraction of sp³-hybridized carbons (Fsp3) is 0.667. The zero-order valence-corrected chi connectivity index (χ0v) is 6.98. The van der Waals surface area contributed by atoms with Crippen molar-refractivity contribution in [3.63, 3.8) is 0 Å². The van der Waals surface area contributed by atoms with Gasteiger partial charge in [0.1, 0.15) is 27.9 Å². The molecule has 0 rings (SSSR count). The molecule has 0 saturated heterocycles. The van der Waals surface area contributed by atoms with E-state index >= 15 is 0 Å². The summed E-state index contributed by atoms with van der Waals surface area (Å²) in [5.41, 5.74) is 0. The first-order valence-corrected chi connectivity index (χ1v) is 5.32. The lowest BCUT2D eigenvalue weighted by Gasteiger charge is -2.06. The summed E-state index contributed by atoms with van der Waals surface area (Å²) in [4.78, 5) is 0. The fourth-order valence-corrected chi connectivity index (χ4v) is 1.24. The van der Waals surface area contributed by atoms with E-state index in [1.54, 1.807) is 0 Å². The molecule has 60 valence electrons. The first-order valence-electron chi connectivity index (χ1n) is 2.88. The quantitative estimate of drug-likeness (QED) is 0.444. The van der Waals surface area contributed by atoms with Gasteiger partial charge in [-0.3, -0.25) is 0 Å². The molecule has 0 saturated carbocycles. The van der Waals surface area contributed by atoms with E-state index in [0.717, 1.165) is 0 Å². The predicted molar refractivity (Wildman–Crippen MR) is 39.7 cm³/mol. The summed E-state index contributed by atoms with van der Waals surface area (Å²) >= 11 is 0. The van der Waals surface area contributed by atoms with Gasteiger partial charge in [0.05, 0.1) is 0 Å². The summed E-state index contributed by atoms with van der Waals surface area (Å²) in [6.07, 6.45) is 3.04. The van der Waals surface area contributed by atoms with Crippen LogP contribution in [0.3, 0.4) is 0 Å². The van der Waals surface area contributed by atoms with Crippen molar-refractivity contribution in [1.82, 2.24) is 0 Å². The van der Waals surface area contributed by atoms with E-state index in [0.29, 0.717) is 0 Å². The molecule has 0 spiro atoms. The minimum absolute atomic E-state index is 0.0681. The Morgan fingerprint density at radius 3 is 2.50 bits per heavy atom. The van der Waals surface area contributed by atoms with Crippen LogP contribution in [0.4, 0.5) is 0 Å². The van der Waals surface area contributed by atoms with Crippen LogP contribution in [0.25, 0.3) is 0 Å². The smallest absolute Gasteiger partial charge is 0.110 e. The van der Waals surface area contributed by atoms with E-state index in [4.69, 9.17) is 5.11 Å². The molecule has 0 aromatic rings. The van der Waals surface area contributed by atoms with E-state index in [2.05, 4.69) is 0 Å². The Hall–Kier alpha value is -0.350. The predicted octanol–water partition coefficient (Wildman–Crippen LogP) is -0.670. The lowest BCUT2D eigenvalue weighted by Crippen LogP contribution is -2.10. The van der Waals surface area contributed by atoms with Crippen LogP contribution in [-0.2, 0) is 14.1 Å². The third-order valence-electron chi connectivity index (χ3n) is 0.773. The summed E-state index contributed by atoms with van der Waals surface area (Å²) in [5.74, 6) is -0.252. The number of hydrogen-bond acceptors (Lipinski definition) is 3. The van der Waals surface area contributed by atoms with Crippen LogP contribution in [0.5, 0.6) is 0 Å². The Bertz CT molecular complexity index is 168. The van der Waals surface area contributed by atoms with Gasteiger partial charge in [-0.25, -0.2) is 0 Å². The third-order valence-corrected chi connectivity index (χ3v) is 1.60. The average Bonchev–Trinajstić information content (AvgIpc) is 1.59. The molecule has 10 heavy (non-hydrogen) atoms. The molecule has 0 amide bonds. The molecule has 3 nitrogen and oxygen atoms in total. The van der Waals surface area contributed by atoms with E-state index in [-0.39, 0.29) is 18.8 Å². The van der Waals surface area contributed by atoms with Crippen LogP contribution in [0.2, 0.25) is 0 Å². The van der Waals surface area contributed by atoms with Crippen LogP contribution in [0.1, 0.15) is 6.42 Å². The Labute approximate surface area is 61.8 Å². The maximum absolute atomic E-state index is 10.9. The normalized spacial score (nSPS) is 13.7. The summed E-state index contributed by atoms with van der Waals surface area (Å²) in [6.45, 7) is -0.176. The molecular weight excluding hydrogens is 152 g/mol. The van der Waals surface area contributed by atoms with Gasteiger partial charge in [0.25, 0.3) is 0 Å². The molecule has 4 heteroatoms. The van der Waals surface area contributed by atoms with Crippen molar-refractivity contribution >= 4 is 9.93 Å².